The summed E-state index contributed by atoms with van der Waals surface area (Å²) in [6.07, 6.45) is 0.996. The highest BCUT2D eigenvalue weighted by Crippen LogP contribution is 2.32. The maximum absolute atomic E-state index is 11.3. The van der Waals surface area contributed by atoms with Crippen LogP contribution in [-0.4, -0.2) is 32.3 Å². The number of hydrogen-bond donors (Lipinski definition) is 3. The van der Waals surface area contributed by atoms with Crippen LogP contribution in [0.2, 0.25) is 10.0 Å². The van der Waals surface area contributed by atoms with E-state index in [1.165, 1.54) is 7.11 Å². The lowest BCUT2D eigenvalue weighted by molar-refractivity contribution is 0.107. The molecule has 2 amide bonds. The molecule has 1 aliphatic rings. The second-order valence-corrected chi connectivity index (χ2v) is 5.46. The van der Waals surface area contributed by atoms with Gasteiger partial charge >= 0.3 is 6.03 Å². The molecule has 0 saturated carbocycles. The Bertz CT molecular complexity index is 485. The molecule has 0 bridgehead atoms. The van der Waals surface area contributed by atoms with Crippen LogP contribution in [0.25, 0.3) is 0 Å². The molecule has 5 nitrogen and oxygen atoms in total. The van der Waals surface area contributed by atoms with Crippen molar-refractivity contribution in [1.82, 2.24) is 16.1 Å². The average molecular weight is 318 g/mol. The number of urea groups is 1. The van der Waals surface area contributed by atoms with Gasteiger partial charge in [-0.3, -0.25) is 4.84 Å². The largest absolute Gasteiger partial charge is 0.338 e. The molecule has 0 radical (unpaired) electrons. The van der Waals surface area contributed by atoms with E-state index < -0.39 is 0 Å². The molecule has 1 fully saturated rings. The lowest BCUT2D eigenvalue weighted by atomic mass is 9.92. The summed E-state index contributed by atoms with van der Waals surface area (Å²) < 4.78 is 0. The van der Waals surface area contributed by atoms with E-state index in [9.17, 15) is 4.79 Å². The highest BCUT2D eigenvalue weighted by molar-refractivity contribution is 6.42. The Morgan fingerprint density at radius 2 is 2.25 bits per heavy atom. The molecule has 1 heterocycles. The van der Waals surface area contributed by atoms with Crippen LogP contribution >= 0.6 is 23.2 Å². The van der Waals surface area contributed by atoms with Crippen molar-refractivity contribution in [3.05, 3.63) is 33.8 Å². The topological polar surface area (TPSA) is 62.4 Å². The van der Waals surface area contributed by atoms with E-state index in [1.54, 1.807) is 6.07 Å². The van der Waals surface area contributed by atoms with E-state index in [1.807, 2.05) is 12.1 Å². The molecule has 7 heteroatoms. The molecular weight excluding hydrogens is 301 g/mol. The second kappa shape index (κ2) is 7.13. The second-order valence-electron chi connectivity index (χ2n) is 4.65. The maximum Gasteiger partial charge on any atom is 0.338 e. The van der Waals surface area contributed by atoms with Gasteiger partial charge in [-0.2, -0.15) is 0 Å². The number of hydroxylamine groups is 1. The van der Waals surface area contributed by atoms with Gasteiger partial charge in [0.25, 0.3) is 0 Å². The minimum absolute atomic E-state index is 0.162. The number of nitrogens with one attached hydrogen (secondary N) is 3. The average Bonchev–Trinajstić information content (AvgIpc) is 2.88. The van der Waals surface area contributed by atoms with E-state index in [-0.39, 0.29) is 12.1 Å². The molecule has 2 atom stereocenters. The molecule has 0 aliphatic carbocycles. The Labute approximate surface area is 127 Å². The fourth-order valence-electron chi connectivity index (χ4n) is 2.46. The summed E-state index contributed by atoms with van der Waals surface area (Å²) in [6.45, 7) is 1.42. The van der Waals surface area contributed by atoms with Gasteiger partial charge in [-0.15, -0.1) is 0 Å². The SMILES string of the molecule is CONC(=O)NCC1NCC[C@H]1c1ccc(Cl)c(Cl)c1. The van der Waals surface area contributed by atoms with Crippen molar-refractivity contribution >= 4 is 29.2 Å². The van der Waals surface area contributed by atoms with E-state index in [2.05, 4.69) is 21.0 Å². The van der Waals surface area contributed by atoms with Gasteiger partial charge in [0.1, 0.15) is 0 Å². The van der Waals surface area contributed by atoms with E-state index >= 15 is 0 Å². The van der Waals surface area contributed by atoms with Crippen molar-refractivity contribution in [3.8, 4) is 0 Å². The van der Waals surface area contributed by atoms with Crippen LogP contribution in [-0.2, 0) is 4.84 Å². The third-order valence-electron chi connectivity index (χ3n) is 3.40. The molecule has 0 spiro atoms. The Hall–Kier alpha value is -1.01. The minimum Gasteiger partial charge on any atom is -0.335 e. The molecule has 2 rings (SSSR count). The number of carbonyl (C=O) groups is 1. The first-order valence-corrected chi connectivity index (χ1v) is 7.12. The summed E-state index contributed by atoms with van der Waals surface area (Å²) in [5.74, 6) is 0.299. The van der Waals surface area contributed by atoms with E-state index in [0.717, 1.165) is 18.5 Å². The van der Waals surface area contributed by atoms with Crippen LogP contribution in [0.1, 0.15) is 17.9 Å². The van der Waals surface area contributed by atoms with Crippen molar-refractivity contribution in [2.45, 2.75) is 18.4 Å². The third-order valence-corrected chi connectivity index (χ3v) is 4.14. The predicted octanol–water partition coefficient (Wildman–Crippen LogP) is 2.30. The van der Waals surface area contributed by atoms with Crippen molar-refractivity contribution < 1.29 is 9.63 Å². The highest BCUT2D eigenvalue weighted by Gasteiger charge is 2.28. The molecule has 1 unspecified atom stereocenters. The first-order valence-electron chi connectivity index (χ1n) is 6.37. The van der Waals surface area contributed by atoms with Crippen molar-refractivity contribution in [1.29, 1.82) is 0 Å². The minimum atomic E-state index is -0.353. The number of amides is 2. The monoisotopic (exact) mass is 317 g/mol. The van der Waals surface area contributed by atoms with Gasteiger partial charge in [-0.25, -0.2) is 10.3 Å². The van der Waals surface area contributed by atoms with Crippen LogP contribution in [0.3, 0.4) is 0 Å². The fraction of sp³-hybridized carbons (Fsp3) is 0.462. The summed E-state index contributed by atoms with van der Waals surface area (Å²) >= 11 is 12.0. The lowest BCUT2D eigenvalue weighted by Crippen LogP contribution is -2.43. The number of halogens is 2. The molecule has 1 aromatic rings. The van der Waals surface area contributed by atoms with Crippen LogP contribution in [0.15, 0.2) is 18.2 Å². The Balaban J connectivity index is 1.99. The Morgan fingerprint density at radius 1 is 1.45 bits per heavy atom. The van der Waals surface area contributed by atoms with Crippen LogP contribution in [0.4, 0.5) is 4.79 Å². The van der Waals surface area contributed by atoms with Crippen LogP contribution < -0.4 is 16.1 Å². The number of carbonyl (C=O) groups excluding carboxylic acids is 1. The van der Waals surface area contributed by atoms with Gasteiger partial charge < -0.3 is 10.6 Å². The lowest BCUT2D eigenvalue weighted by Gasteiger charge is -2.20. The summed E-state index contributed by atoms with van der Waals surface area (Å²) in [7, 11) is 1.39. The summed E-state index contributed by atoms with van der Waals surface area (Å²) in [4.78, 5) is 15.9. The summed E-state index contributed by atoms with van der Waals surface area (Å²) in [5, 5.41) is 7.24. The number of hydrogen-bond acceptors (Lipinski definition) is 3. The van der Waals surface area contributed by atoms with Gasteiger partial charge in [-0.1, -0.05) is 29.3 Å². The van der Waals surface area contributed by atoms with E-state index in [4.69, 9.17) is 23.2 Å². The molecule has 20 heavy (non-hydrogen) atoms. The standard InChI is InChI=1S/C13H17Cl2N3O2/c1-20-18-13(19)17-7-12-9(4-5-16-12)8-2-3-10(14)11(15)6-8/h2-3,6,9,12,16H,4-5,7H2,1H3,(H2,17,18,19)/t9-,12?/m0/s1. The maximum atomic E-state index is 11.3. The summed E-state index contributed by atoms with van der Waals surface area (Å²) in [6, 6.07) is 5.49. The molecule has 0 aromatic heterocycles. The van der Waals surface area contributed by atoms with Gasteiger partial charge in [0.2, 0.25) is 0 Å². The zero-order valence-electron chi connectivity index (χ0n) is 11.1. The fourth-order valence-corrected chi connectivity index (χ4v) is 2.76. The zero-order chi connectivity index (χ0) is 14.5. The van der Waals surface area contributed by atoms with Gasteiger partial charge in [-0.05, 0) is 30.7 Å². The molecule has 1 aromatic carbocycles. The highest BCUT2D eigenvalue weighted by atomic mass is 35.5. The Kier molecular flexibility index (Phi) is 5.48. The number of benzene rings is 1. The first-order chi connectivity index (χ1) is 9.61. The molecule has 1 aliphatic heterocycles. The smallest absolute Gasteiger partial charge is 0.335 e. The van der Waals surface area contributed by atoms with Gasteiger partial charge in [0.05, 0.1) is 17.2 Å². The van der Waals surface area contributed by atoms with Crippen LogP contribution in [0, 0.1) is 0 Å². The molecule has 3 N–H and O–H groups in total. The van der Waals surface area contributed by atoms with Crippen molar-refractivity contribution in [2.75, 3.05) is 20.2 Å². The predicted molar refractivity (Wildman–Crippen MR) is 79.2 cm³/mol. The van der Waals surface area contributed by atoms with E-state index in [0.29, 0.717) is 22.5 Å². The molecule has 1 saturated heterocycles. The zero-order valence-corrected chi connectivity index (χ0v) is 12.6. The normalized spacial score (nSPS) is 21.8. The quantitative estimate of drug-likeness (QED) is 0.747. The van der Waals surface area contributed by atoms with Gasteiger partial charge in [0.15, 0.2) is 0 Å². The van der Waals surface area contributed by atoms with Crippen molar-refractivity contribution in [3.63, 3.8) is 0 Å². The number of rotatable bonds is 4. The molecule has 110 valence electrons. The Morgan fingerprint density at radius 3 is 2.95 bits per heavy atom. The summed E-state index contributed by atoms with van der Waals surface area (Å²) in [5.41, 5.74) is 3.35. The van der Waals surface area contributed by atoms with Gasteiger partial charge in [0, 0.05) is 18.5 Å². The van der Waals surface area contributed by atoms with Crippen molar-refractivity contribution in [2.24, 2.45) is 0 Å². The first kappa shape index (κ1) is 15.4. The van der Waals surface area contributed by atoms with Crippen LogP contribution in [0.5, 0.6) is 0 Å². The third kappa shape index (κ3) is 3.76. The molecular formula is C13H17Cl2N3O2.